The van der Waals surface area contributed by atoms with Gasteiger partial charge >= 0.3 is 5.97 Å². The number of allylic oxidation sites excluding steroid dienone is 1. The minimum absolute atomic E-state index is 0.0631. The summed E-state index contributed by atoms with van der Waals surface area (Å²) in [7, 11) is 0. The van der Waals surface area contributed by atoms with Gasteiger partial charge in [0.15, 0.2) is 5.78 Å². The summed E-state index contributed by atoms with van der Waals surface area (Å²) in [6.07, 6.45) is 6.07. The van der Waals surface area contributed by atoms with Crippen molar-refractivity contribution in [2.75, 3.05) is 0 Å². The van der Waals surface area contributed by atoms with Gasteiger partial charge in [0.2, 0.25) is 0 Å². The second-order valence-electron chi connectivity index (χ2n) is 10.0. The molecule has 0 bridgehead atoms. The van der Waals surface area contributed by atoms with E-state index >= 15 is 0 Å². The van der Waals surface area contributed by atoms with Crippen LogP contribution >= 0.6 is 0 Å². The molecule has 4 rings (SSSR count). The topological polar surface area (TPSA) is 94.8 Å². The summed E-state index contributed by atoms with van der Waals surface area (Å²) in [6, 6.07) is 0. The van der Waals surface area contributed by atoms with E-state index in [1.807, 2.05) is 6.08 Å². The highest BCUT2D eigenvalue weighted by Gasteiger charge is 2.62. The summed E-state index contributed by atoms with van der Waals surface area (Å²) >= 11 is 0. The molecule has 3 saturated carbocycles. The fraction of sp³-hybridized carbons (Fsp3) is 0.818. The molecule has 0 saturated heterocycles. The lowest BCUT2D eigenvalue weighted by atomic mass is 9.45. The Hall–Kier alpha value is -1.20. The van der Waals surface area contributed by atoms with Crippen LogP contribution in [0.2, 0.25) is 0 Å². The second-order valence-corrected chi connectivity index (χ2v) is 10.0. The van der Waals surface area contributed by atoms with E-state index in [2.05, 4.69) is 13.8 Å². The Bertz CT molecular complexity index is 684. The van der Waals surface area contributed by atoms with Gasteiger partial charge in [0.25, 0.3) is 0 Å². The molecule has 0 radical (unpaired) electrons. The van der Waals surface area contributed by atoms with E-state index in [1.54, 1.807) is 0 Å². The Morgan fingerprint density at radius 1 is 1.26 bits per heavy atom. The Labute approximate surface area is 160 Å². The molecule has 0 spiro atoms. The summed E-state index contributed by atoms with van der Waals surface area (Å²) in [5.74, 6) is 0.154. The fourth-order valence-corrected chi connectivity index (χ4v) is 7.68. The molecule has 0 amide bonds. The van der Waals surface area contributed by atoms with E-state index in [0.29, 0.717) is 24.7 Å². The number of carbonyl (C=O) groups is 2. The van der Waals surface area contributed by atoms with Crippen LogP contribution in [0.1, 0.15) is 65.2 Å². The van der Waals surface area contributed by atoms with Crippen LogP contribution in [-0.4, -0.2) is 39.3 Å². The van der Waals surface area contributed by atoms with Gasteiger partial charge in [-0.1, -0.05) is 19.4 Å². The first-order valence-corrected chi connectivity index (χ1v) is 10.5. The summed E-state index contributed by atoms with van der Waals surface area (Å²) in [5.41, 5.74) is 0.912. The molecule has 3 N–H and O–H groups in total. The highest BCUT2D eigenvalue weighted by molar-refractivity contribution is 5.91. The van der Waals surface area contributed by atoms with Gasteiger partial charge in [-0.15, -0.1) is 0 Å². The molecule has 6 unspecified atom stereocenters. The first kappa shape index (κ1) is 19.1. The van der Waals surface area contributed by atoms with E-state index in [0.717, 1.165) is 32.1 Å². The van der Waals surface area contributed by atoms with Crippen LogP contribution in [0.5, 0.6) is 0 Å². The lowest BCUT2D eigenvalue weighted by Gasteiger charge is -2.60. The van der Waals surface area contributed by atoms with E-state index in [9.17, 15) is 19.8 Å². The molecule has 8 atom stereocenters. The van der Waals surface area contributed by atoms with E-state index < -0.39 is 18.2 Å². The normalized spacial score (nSPS) is 47.5. The molecular formula is C22H32O5. The van der Waals surface area contributed by atoms with Gasteiger partial charge in [-0.2, -0.15) is 0 Å². The molecule has 0 heterocycles. The standard InChI is InChI=1S/C22H32O5/c1-21-8-7-13(23)9-12(21)3-4-14-15-5-6-16(17(24)10-19(26)27)22(15,2)11-18(25)20(14)21/h9,14-18,20,24-25H,3-8,10-11H2,1-2H3,(H,26,27)/t14?,15?,16?,17?,18?,20?,21-,22-/m0/s1. The van der Waals surface area contributed by atoms with Gasteiger partial charge < -0.3 is 15.3 Å². The number of rotatable bonds is 3. The minimum Gasteiger partial charge on any atom is -0.481 e. The average Bonchev–Trinajstić information content (AvgIpc) is 2.91. The Balaban J connectivity index is 1.64. The zero-order valence-electron chi connectivity index (χ0n) is 16.4. The largest absolute Gasteiger partial charge is 0.481 e. The van der Waals surface area contributed by atoms with Gasteiger partial charge in [-0.05, 0) is 79.1 Å². The van der Waals surface area contributed by atoms with E-state index in [1.165, 1.54) is 5.57 Å². The minimum atomic E-state index is -0.962. The Morgan fingerprint density at radius 2 is 2.00 bits per heavy atom. The average molecular weight is 376 g/mol. The van der Waals surface area contributed by atoms with Gasteiger partial charge in [-0.3, -0.25) is 9.59 Å². The van der Waals surface area contributed by atoms with Crippen molar-refractivity contribution < 1.29 is 24.9 Å². The van der Waals surface area contributed by atoms with Crippen LogP contribution in [-0.2, 0) is 9.59 Å². The SMILES string of the molecule is C[C@]12CC(O)C3C(CCC4=CC(=O)CC[C@@]43C)C1CCC2C(O)CC(=O)O. The molecule has 150 valence electrons. The predicted molar refractivity (Wildman–Crippen MR) is 99.8 cm³/mol. The fourth-order valence-electron chi connectivity index (χ4n) is 7.68. The lowest BCUT2D eigenvalue weighted by molar-refractivity contribution is -0.149. The number of aliphatic hydroxyl groups is 2. The smallest absolute Gasteiger partial charge is 0.305 e. The number of hydrogen-bond acceptors (Lipinski definition) is 4. The van der Waals surface area contributed by atoms with Crippen LogP contribution in [0.3, 0.4) is 0 Å². The number of carbonyl (C=O) groups excluding carboxylic acids is 1. The highest BCUT2D eigenvalue weighted by Crippen LogP contribution is 2.67. The number of ketones is 1. The number of carboxylic acids is 1. The van der Waals surface area contributed by atoms with Crippen LogP contribution in [0.25, 0.3) is 0 Å². The monoisotopic (exact) mass is 376 g/mol. The Kier molecular flexibility index (Phi) is 4.54. The maximum Gasteiger partial charge on any atom is 0.305 e. The van der Waals surface area contributed by atoms with Gasteiger partial charge in [-0.25, -0.2) is 0 Å². The molecule has 0 aromatic carbocycles. The Morgan fingerprint density at radius 3 is 2.70 bits per heavy atom. The zero-order valence-corrected chi connectivity index (χ0v) is 16.4. The molecule has 0 aliphatic heterocycles. The summed E-state index contributed by atoms with van der Waals surface area (Å²) in [6.45, 7) is 4.40. The molecule has 4 aliphatic rings. The van der Waals surface area contributed by atoms with Crippen molar-refractivity contribution in [3.63, 3.8) is 0 Å². The number of aliphatic carboxylic acids is 1. The second kappa shape index (κ2) is 6.41. The van der Waals surface area contributed by atoms with Crippen molar-refractivity contribution in [1.82, 2.24) is 0 Å². The van der Waals surface area contributed by atoms with Crippen LogP contribution in [0.4, 0.5) is 0 Å². The van der Waals surface area contributed by atoms with E-state index in [-0.39, 0.29) is 34.9 Å². The number of fused-ring (bicyclic) bond motifs is 5. The quantitative estimate of drug-likeness (QED) is 0.704. The summed E-state index contributed by atoms with van der Waals surface area (Å²) < 4.78 is 0. The molecule has 0 aromatic rings. The van der Waals surface area contributed by atoms with Crippen molar-refractivity contribution >= 4 is 11.8 Å². The number of carboxylic acid groups (broad SMARTS) is 1. The maximum absolute atomic E-state index is 11.9. The third-order valence-corrected chi connectivity index (χ3v) is 8.81. The first-order valence-electron chi connectivity index (χ1n) is 10.5. The van der Waals surface area contributed by atoms with Gasteiger partial charge in [0.05, 0.1) is 18.6 Å². The van der Waals surface area contributed by atoms with Crippen LogP contribution in [0, 0.1) is 34.5 Å². The summed E-state index contributed by atoms with van der Waals surface area (Å²) in [5, 5.41) is 30.9. The highest BCUT2D eigenvalue weighted by atomic mass is 16.4. The molecule has 27 heavy (non-hydrogen) atoms. The molecule has 5 nitrogen and oxygen atoms in total. The lowest BCUT2D eigenvalue weighted by Crippen LogP contribution is -2.57. The van der Waals surface area contributed by atoms with Crippen LogP contribution in [0.15, 0.2) is 11.6 Å². The maximum atomic E-state index is 11.9. The third kappa shape index (κ3) is 2.80. The molecule has 5 heteroatoms. The van der Waals surface area contributed by atoms with Gasteiger partial charge in [0, 0.05) is 6.42 Å². The van der Waals surface area contributed by atoms with Crippen LogP contribution < -0.4 is 0 Å². The van der Waals surface area contributed by atoms with Crippen molar-refractivity contribution in [1.29, 1.82) is 0 Å². The molecule has 4 aliphatic carbocycles. The van der Waals surface area contributed by atoms with Crippen molar-refractivity contribution in [2.45, 2.75) is 77.4 Å². The third-order valence-electron chi connectivity index (χ3n) is 8.81. The molecule has 3 fully saturated rings. The van der Waals surface area contributed by atoms with Crippen molar-refractivity contribution in [2.24, 2.45) is 34.5 Å². The van der Waals surface area contributed by atoms with E-state index in [4.69, 9.17) is 5.11 Å². The first-order chi connectivity index (χ1) is 12.7. The predicted octanol–water partition coefficient (Wildman–Crippen LogP) is 2.94. The number of aliphatic hydroxyl groups excluding tert-OH is 2. The number of hydrogen-bond donors (Lipinski definition) is 3. The van der Waals surface area contributed by atoms with Crippen molar-refractivity contribution in [3.8, 4) is 0 Å². The zero-order chi connectivity index (χ0) is 19.6. The van der Waals surface area contributed by atoms with Crippen molar-refractivity contribution in [3.05, 3.63) is 11.6 Å². The van der Waals surface area contributed by atoms with Gasteiger partial charge in [0.1, 0.15) is 0 Å². The summed E-state index contributed by atoms with van der Waals surface area (Å²) in [4.78, 5) is 23.0. The molecule has 0 aromatic heterocycles. The molecular weight excluding hydrogens is 344 g/mol.